The van der Waals surface area contributed by atoms with Gasteiger partial charge in [-0.25, -0.2) is 0 Å². The molecular weight excluding hydrogens is 271 g/mol. The minimum Gasteiger partial charge on any atom is -0.496 e. The summed E-state index contributed by atoms with van der Waals surface area (Å²) in [6, 6.07) is 6.69. The Labute approximate surface area is 137 Å². The monoisotopic (exact) mass is 300 g/mol. The number of hydrogen-bond acceptors (Lipinski definition) is 3. The standard InChI is InChI=1S/C18H29BN2O/c1-5-18(2,3)13-16-7-6-15(12-17(16)22-4)14-20-8-10-21(19)11-9-20/h6-7,12H,5,8-11,13-14H2,1-4H3. The Morgan fingerprint density at radius 1 is 1.18 bits per heavy atom. The second-order valence-corrected chi connectivity index (χ2v) is 7.15. The van der Waals surface area contributed by atoms with Crippen LogP contribution in [0, 0.1) is 5.41 Å². The predicted molar refractivity (Wildman–Crippen MR) is 93.4 cm³/mol. The first-order chi connectivity index (χ1) is 10.4. The van der Waals surface area contributed by atoms with Crippen molar-refractivity contribution in [2.45, 2.75) is 40.2 Å². The lowest BCUT2D eigenvalue weighted by molar-refractivity contribution is 0.184. The first kappa shape index (κ1) is 17.4. The molecule has 0 aliphatic carbocycles. The molecule has 3 nitrogen and oxygen atoms in total. The maximum Gasteiger partial charge on any atom is 0.182 e. The molecule has 0 atom stereocenters. The van der Waals surface area contributed by atoms with Crippen LogP contribution in [0.15, 0.2) is 18.2 Å². The molecule has 0 spiro atoms. The van der Waals surface area contributed by atoms with Crippen molar-refractivity contribution in [2.75, 3.05) is 33.3 Å². The fraction of sp³-hybridized carbons (Fsp3) is 0.667. The molecule has 1 aromatic carbocycles. The van der Waals surface area contributed by atoms with Crippen LogP contribution in [0.4, 0.5) is 0 Å². The van der Waals surface area contributed by atoms with E-state index >= 15 is 0 Å². The van der Waals surface area contributed by atoms with Gasteiger partial charge >= 0.3 is 0 Å². The summed E-state index contributed by atoms with van der Waals surface area (Å²) in [5.41, 5.74) is 2.94. The van der Waals surface area contributed by atoms with Gasteiger partial charge in [-0.15, -0.1) is 0 Å². The van der Waals surface area contributed by atoms with E-state index < -0.39 is 0 Å². The van der Waals surface area contributed by atoms with Gasteiger partial charge in [0.05, 0.1) is 7.11 Å². The van der Waals surface area contributed by atoms with E-state index in [1.807, 2.05) is 4.81 Å². The summed E-state index contributed by atoms with van der Waals surface area (Å²) < 4.78 is 5.64. The summed E-state index contributed by atoms with van der Waals surface area (Å²) in [6.07, 6.45) is 2.22. The summed E-state index contributed by atoms with van der Waals surface area (Å²) in [5, 5.41) is 0. The van der Waals surface area contributed by atoms with Crippen LogP contribution in [-0.4, -0.2) is 51.0 Å². The Balaban J connectivity index is 2.05. The topological polar surface area (TPSA) is 15.7 Å². The SMILES string of the molecule is [B]N1CCN(Cc2ccc(CC(C)(C)CC)c(OC)c2)CC1. The van der Waals surface area contributed by atoms with E-state index in [9.17, 15) is 0 Å². The molecule has 0 bridgehead atoms. The third-order valence-electron chi connectivity index (χ3n) is 4.79. The van der Waals surface area contributed by atoms with Crippen molar-refractivity contribution in [1.82, 2.24) is 9.71 Å². The summed E-state index contributed by atoms with van der Waals surface area (Å²) in [4.78, 5) is 4.35. The maximum atomic E-state index is 5.81. The molecule has 0 aromatic heterocycles. The van der Waals surface area contributed by atoms with Crippen molar-refractivity contribution < 1.29 is 4.74 Å². The second-order valence-electron chi connectivity index (χ2n) is 7.15. The number of rotatable bonds is 6. The number of ether oxygens (including phenoxy) is 1. The molecule has 2 radical (unpaired) electrons. The van der Waals surface area contributed by atoms with Crippen LogP contribution in [-0.2, 0) is 13.0 Å². The van der Waals surface area contributed by atoms with E-state index in [0.717, 1.165) is 44.9 Å². The average molecular weight is 300 g/mol. The van der Waals surface area contributed by atoms with Crippen LogP contribution in [0.3, 0.4) is 0 Å². The van der Waals surface area contributed by atoms with Crippen molar-refractivity contribution in [1.29, 1.82) is 0 Å². The van der Waals surface area contributed by atoms with Gasteiger partial charge in [0.15, 0.2) is 7.98 Å². The van der Waals surface area contributed by atoms with Crippen LogP contribution >= 0.6 is 0 Å². The van der Waals surface area contributed by atoms with Crippen molar-refractivity contribution in [2.24, 2.45) is 5.41 Å². The first-order valence-corrected chi connectivity index (χ1v) is 8.31. The van der Waals surface area contributed by atoms with E-state index in [0.29, 0.717) is 5.41 Å². The zero-order chi connectivity index (χ0) is 16.2. The molecule has 0 unspecified atom stereocenters. The van der Waals surface area contributed by atoms with Crippen LogP contribution in [0.25, 0.3) is 0 Å². The molecule has 1 aliphatic heterocycles. The van der Waals surface area contributed by atoms with Crippen LogP contribution in [0.1, 0.15) is 38.3 Å². The molecule has 120 valence electrons. The Morgan fingerprint density at radius 2 is 1.86 bits per heavy atom. The van der Waals surface area contributed by atoms with E-state index in [1.165, 1.54) is 17.5 Å². The van der Waals surface area contributed by atoms with Gasteiger partial charge in [0.25, 0.3) is 0 Å². The smallest absolute Gasteiger partial charge is 0.182 e. The molecule has 1 heterocycles. The number of methoxy groups -OCH3 is 1. The Hall–Kier alpha value is -0.995. The lowest BCUT2D eigenvalue weighted by Crippen LogP contribution is -2.44. The minimum absolute atomic E-state index is 0.312. The van der Waals surface area contributed by atoms with Gasteiger partial charge in [-0.1, -0.05) is 39.3 Å². The van der Waals surface area contributed by atoms with Gasteiger partial charge in [-0.2, -0.15) is 0 Å². The van der Waals surface area contributed by atoms with Crippen molar-refractivity contribution in [3.8, 4) is 5.75 Å². The molecule has 1 fully saturated rings. The first-order valence-electron chi connectivity index (χ1n) is 8.31. The highest BCUT2D eigenvalue weighted by Gasteiger charge is 2.19. The molecule has 1 saturated heterocycles. The van der Waals surface area contributed by atoms with Gasteiger partial charge in [-0.05, 0) is 42.1 Å². The fourth-order valence-corrected chi connectivity index (χ4v) is 2.85. The quantitative estimate of drug-likeness (QED) is 0.751. The van der Waals surface area contributed by atoms with Gasteiger partial charge in [0.2, 0.25) is 0 Å². The van der Waals surface area contributed by atoms with E-state index in [4.69, 9.17) is 12.7 Å². The highest BCUT2D eigenvalue weighted by molar-refractivity contribution is 6.04. The van der Waals surface area contributed by atoms with Crippen LogP contribution < -0.4 is 4.74 Å². The van der Waals surface area contributed by atoms with Crippen molar-refractivity contribution >= 4 is 7.98 Å². The normalized spacial score (nSPS) is 17.6. The Kier molecular flexibility index (Phi) is 5.93. The van der Waals surface area contributed by atoms with Crippen molar-refractivity contribution in [3.63, 3.8) is 0 Å². The van der Waals surface area contributed by atoms with Gasteiger partial charge in [0.1, 0.15) is 5.75 Å². The summed E-state index contributed by atoms with van der Waals surface area (Å²) in [5.74, 6) is 1.02. The number of nitrogens with zero attached hydrogens (tertiary/aromatic N) is 2. The summed E-state index contributed by atoms with van der Waals surface area (Å²) in [6.45, 7) is 11.8. The highest BCUT2D eigenvalue weighted by Crippen LogP contribution is 2.31. The zero-order valence-corrected chi connectivity index (χ0v) is 14.6. The van der Waals surface area contributed by atoms with Gasteiger partial charge in [0, 0.05) is 19.6 Å². The second kappa shape index (κ2) is 7.52. The average Bonchev–Trinajstić information content (AvgIpc) is 2.51. The molecule has 0 N–H and O–H groups in total. The van der Waals surface area contributed by atoms with Gasteiger partial charge in [-0.3, -0.25) is 4.90 Å². The van der Waals surface area contributed by atoms with Crippen LogP contribution in [0.5, 0.6) is 5.75 Å². The third-order valence-corrected chi connectivity index (χ3v) is 4.79. The largest absolute Gasteiger partial charge is 0.496 e. The van der Waals surface area contributed by atoms with Crippen molar-refractivity contribution in [3.05, 3.63) is 29.3 Å². The van der Waals surface area contributed by atoms with E-state index in [-0.39, 0.29) is 0 Å². The summed E-state index contributed by atoms with van der Waals surface area (Å²) in [7, 11) is 7.59. The predicted octanol–water partition coefficient (Wildman–Crippen LogP) is 2.88. The lowest BCUT2D eigenvalue weighted by atomic mass is 9.83. The highest BCUT2D eigenvalue weighted by atomic mass is 16.5. The Bertz CT molecular complexity index is 482. The molecule has 1 aromatic rings. The van der Waals surface area contributed by atoms with Gasteiger partial charge < -0.3 is 9.55 Å². The minimum atomic E-state index is 0.312. The molecule has 2 rings (SSSR count). The third kappa shape index (κ3) is 4.75. The molecular formula is C18H29BN2O. The number of hydrogen-bond donors (Lipinski definition) is 0. The maximum absolute atomic E-state index is 5.81. The zero-order valence-electron chi connectivity index (χ0n) is 14.6. The number of benzene rings is 1. The lowest BCUT2D eigenvalue weighted by Gasteiger charge is -2.33. The molecule has 0 saturated carbocycles. The fourth-order valence-electron chi connectivity index (χ4n) is 2.85. The summed E-state index contributed by atoms with van der Waals surface area (Å²) >= 11 is 0. The van der Waals surface area contributed by atoms with E-state index in [1.54, 1.807) is 7.11 Å². The Morgan fingerprint density at radius 3 is 2.45 bits per heavy atom. The molecule has 0 amide bonds. The molecule has 1 aliphatic rings. The number of piperazine rings is 1. The van der Waals surface area contributed by atoms with Crippen LogP contribution in [0.2, 0.25) is 0 Å². The molecule has 4 heteroatoms. The molecule has 22 heavy (non-hydrogen) atoms. The van der Waals surface area contributed by atoms with E-state index in [2.05, 4.69) is 43.9 Å².